The molecule has 8 heteroatoms. The third kappa shape index (κ3) is 4.11. The number of hydrogen-bond acceptors (Lipinski definition) is 3. The van der Waals surface area contributed by atoms with Gasteiger partial charge in [-0.3, -0.25) is 0 Å². The molecule has 3 heterocycles. The minimum atomic E-state index is -0.408. The van der Waals surface area contributed by atoms with E-state index in [1.54, 1.807) is 7.11 Å². The number of carbonyl (C=O) groups excluding carboxylic acids is 1. The fourth-order valence-corrected chi connectivity index (χ4v) is 5.31. The summed E-state index contributed by atoms with van der Waals surface area (Å²) in [4.78, 5) is 15.9. The highest BCUT2D eigenvalue weighted by Crippen LogP contribution is 2.39. The predicted octanol–water partition coefficient (Wildman–Crippen LogP) is 6.77. The van der Waals surface area contributed by atoms with Gasteiger partial charge in [-0.15, -0.1) is 0 Å². The number of methoxy groups -OCH3 is 1. The number of aromatic nitrogens is 3. The Balaban J connectivity index is 1.54. The number of nitrogens with one attached hydrogen (secondary N) is 1. The fraction of sp³-hybridized carbons (Fsp3) is 0.133. The highest BCUT2D eigenvalue weighted by atomic mass is 35.5. The van der Waals surface area contributed by atoms with E-state index in [0.29, 0.717) is 23.0 Å². The lowest BCUT2D eigenvalue weighted by atomic mass is 10.0. The van der Waals surface area contributed by atoms with Gasteiger partial charge in [-0.1, -0.05) is 54.1 Å². The topological polar surface area (TPSA) is 64.3 Å². The maximum absolute atomic E-state index is 14.1. The molecule has 3 aromatic carbocycles. The van der Waals surface area contributed by atoms with Crippen LogP contribution >= 0.6 is 11.6 Å². The van der Waals surface area contributed by atoms with Crippen molar-refractivity contribution in [3.05, 3.63) is 125 Å². The molecule has 1 aliphatic rings. The van der Waals surface area contributed by atoms with Crippen molar-refractivity contribution < 1.29 is 9.53 Å². The van der Waals surface area contributed by atoms with Gasteiger partial charge in [-0.05, 0) is 61.0 Å². The van der Waals surface area contributed by atoms with Crippen LogP contribution in [0, 0.1) is 6.92 Å². The van der Waals surface area contributed by atoms with Gasteiger partial charge < -0.3 is 19.5 Å². The SMILES string of the molecule is COc1ccccc1NC(=O)N1Cc2c(C)nn(-c3ccccc3)c2-n2cccc2C1c1cccc(Cl)c1. The number of nitrogens with zero attached hydrogens (tertiary/aromatic N) is 4. The zero-order valence-corrected chi connectivity index (χ0v) is 21.8. The lowest BCUT2D eigenvalue weighted by Crippen LogP contribution is -2.38. The van der Waals surface area contributed by atoms with Gasteiger partial charge in [-0.2, -0.15) is 5.10 Å². The second-order valence-electron chi connectivity index (χ2n) is 9.15. The third-order valence-electron chi connectivity index (χ3n) is 6.86. The molecule has 5 aromatic rings. The average Bonchev–Trinajstić information content (AvgIpc) is 3.49. The summed E-state index contributed by atoms with van der Waals surface area (Å²) in [6, 6.07) is 28.5. The van der Waals surface area contributed by atoms with Crippen molar-refractivity contribution in [3.8, 4) is 17.3 Å². The molecule has 1 N–H and O–H groups in total. The molecule has 190 valence electrons. The fourth-order valence-electron chi connectivity index (χ4n) is 5.11. The molecular formula is C30H26ClN5O2. The molecular weight excluding hydrogens is 498 g/mol. The normalized spacial score (nSPS) is 14.4. The van der Waals surface area contributed by atoms with Gasteiger partial charge in [0.2, 0.25) is 0 Å². The maximum Gasteiger partial charge on any atom is 0.323 e. The van der Waals surface area contributed by atoms with Gasteiger partial charge in [0.15, 0.2) is 0 Å². The molecule has 0 saturated heterocycles. The summed E-state index contributed by atoms with van der Waals surface area (Å²) in [5, 5.41) is 8.58. The van der Waals surface area contributed by atoms with Crippen LogP contribution in [0.25, 0.3) is 11.5 Å². The molecule has 0 fully saturated rings. The van der Waals surface area contributed by atoms with Crippen LogP contribution in [0.1, 0.15) is 28.6 Å². The van der Waals surface area contributed by atoms with E-state index in [0.717, 1.165) is 34.0 Å². The molecule has 6 rings (SSSR count). The molecule has 0 radical (unpaired) electrons. The molecule has 0 spiro atoms. The van der Waals surface area contributed by atoms with Gasteiger partial charge in [0, 0.05) is 16.8 Å². The summed E-state index contributed by atoms with van der Waals surface area (Å²) < 4.78 is 9.57. The molecule has 2 amide bonds. The maximum atomic E-state index is 14.1. The van der Waals surface area contributed by atoms with E-state index in [9.17, 15) is 4.79 Å². The summed E-state index contributed by atoms with van der Waals surface area (Å²) in [5.74, 6) is 1.50. The number of para-hydroxylation sites is 3. The van der Waals surface area contributed by atoms with Crippen LogP contribution in [0.4, 0.5) is 10.5 Å². The van der Waals surface area contributed by atoms with E-state index < -0.39 is 6.04 Å². The first kappa shape index (κ1) is 23.9. The van der Waals surface area contributed by atoms with E-state index in [4.69, 9.17) is 21.4 Å². The molecule has 1 atom stereocenters. The minimum Gasteiger partial charge on any atom is -0.495 e. The van der Waals surface area contributed by atoms with Crippen molar-refractivity contribution in [2.24, 2.45) is 0 Å². The van der Waals surface area contributed by atoms with Crippen LogP contribution in [-0.2, 0) is 6.54 Å². The Morgan fingerprint density at radius 3 is 2.58 bits per heavy atom. The Morgan fingerprint density at radius 2 is 1.79 bits per heavy atom. The summed E-state index contributed by atoms with van der Waals surface area (Å²) in [5.41, 5.74) is 5.20. The second-order valence-corrected chi connectivity index (χ2v) is 9.59. The van der Waals surface area contributed by atoms with Gasteiger partial charge in [0.1, 0.15) is 11.6 Å². The Morgan fingerprint density at radius 1 is 1.00 bits per heavy atom. The molecule has 0 saturated carbocycles. The highest BCUT2D eigenvalue weighted by Gasteiger charge is 2.36. The van der Waals surface area contributed by atoms with E-state index in [1.165, 1.54) is 0 Å². The standard InChI is InChI=1S/C30H26ClN5O2/c1-20-24-19-35(30(37)32-25-14-6-7-16-27(25)38-2)28(21-10-8-11-22(31)18-21)26-15-9-17-34(26)29(24)36(33-20)23-12-4-3-5-13-23/h3-18,28H,19H2,1-2H3,(H,32,37). The predicted molar refractivity (Wildman–Crippen MR) is 148 cm³/mol. The smallest absolute Gasteiger partial charge is 0.323 e. The monoisotopic (exact) mass is 523 g/mol. The number of anilines is 1. The summed E-state index contributed by atoms with van der Waals surface area (Å²) >= 11 is 6.44. The van der Waals surface area contributed by atoms with Crippen molar-refractivity contribution in [3.63, 3.8) is 0 Å². The Bertz CT molecular complexity index is 1620. The quantitative estimate of drug-likeness (QED) is 0.283. The summed E-state index contributed by atoms with van der Waals surface area (Å²) in [6.07, 6.45) is 2.02. The van der Waals surface area contributed by atoms with E-state index in [-0.39, 0.29) is 6.03 Å². The zero-order valence-electron chi connectivity index (χ0n) is 21.0. The molecule has 2 aromatic heterocycles. The van der Waals surface area contributed by atoms with Crippen LogP contribution in [0.5, 0.6) is 5.75 Å². The first-order chi connectivity index (χ1) is 18.5. The summed E-state index contributed by atoms with van der Waals surface area (Å²) in [6.45, 7) is 2.32. The number of benzene rings is 3. The number of rotatable bonds is 4. The van der Waals surface area contributed by atoms with Crippen molar-refractivity contribution in [1.82, 2.24) is 19.2 Å². The van der Waals surface area contributed by atoms with Crippen molar-refractivity contribution >= 4 is 23.3 Å². The van der Waals surface area contributed by atoms with Gasteiger partial charge in [-0.25, -0.2) is 9.48 Å². The van der Waals surface area contributed by atoms with E-state index >= 15 is 0 Å². The molecule has 7 nitrogen and oxygen atoms in total. The van der Waals surface area contributed by atoms with Gasteiger partial charge >= 0.3 is 6.03 Å². The summed E-state index contributed by atoms with van der Waals surface area (Å²) in [7, 11) is 1.59. The first-order valence-corrected chi connectivity index (χ1v) is 12.7. The number of carbonyl (C=O) groups is 1. The van der Waals surface area contributed by atoms with Crippen LogP contribution in [0.3, 0.4) is 0 Å². The Kier molecular flexibility index (Phi) is 6.13. The molecule has 0 bridgehead atoms. The number of fused-ring (bicyclic) bond motifs is 3. The van der Waals surface area contributed by atoms with Crippen LogP contribution in [-0.4, -0.2) is 32.4 Å². The highest BCUT2D eigenvalue weighted by molar-refractivity contribution is 6.30. The number of halogens is 1. The van der Waals surface area contributed by atoms with Gasteiger partial charge in [0.25, 0.3) is 0 Å². The van der Waals surface area contributed by atoms with Crippen LogP contribution < -0.4 is 10.1 Å². The number of ether oxygens (including phenoxy) is 1. The lowest BCUT2D eigenvalue weighted by Gasteiger charge is -2.31. The van der Waals surface area contributed by atoms with Gasteiger partial charge in [0.05, 0.1) is 42.5 Å². The third-order valence-corrected chi connectivity index (χ3v) is 7.10. The van der Waals surface area contributed by atoms with Crippen LogP contribution in [0.2, 0.25) is 5.02 Å². The molecule has 1 aliphatic heterocycles. The van der Waals surface area contributed by atoms with Crippen molar-refractivity contribution in [2.75, 3.05) is 12.4 Å². The average molecular weight is 524 g/mol. The number of aryl methyl sites for hydroxylation is 1. The minimum absolute atomic E-state index is 0.257. The molecule has 0 aliphatic carbocycles. The number of amides is 2. The van der Waals surface area contributed by atoms with Crippen molar-refractivity contribution in [2.45, 2.75) is 19.5 Å². The number of urea groups is 1. The van der Waals surface area contributed by atoms with E-state index in [1.807, 2.05) is 114 Å². The lowest BCUT2D eigenvalue weighted by molar-refractivity contribution is 0.194. The number of hydrogen-bond donors (Lipinski definition) is 1. The Hall–Kier alpha value is -4.49. The zero-order chi connectivity index (χ0) is 26.2. The largest absolute Gasteiger partial charge is 0.495 e. The molecule has 38 heavy (non-hydrogen) atoms. The molecule has 1 unspecified atom stereocenters. The first-order valence-electron chi connectivity index (χ1n) is 12.3. The van der Waals surface area contributed by atoms with Crippen molar-refractivity contribution in [1.29, 1.82) is 0 Å². The Labute approximate surface area is 225 Å². The van der Waals surface area contributed by atoms with Crippen LogP contribution in [0.15, 0.2) is 97.2 Å². The second kappa shape index (κ2) is 9.76. The van der Waals surface area contributed by atoms with E-state index in [2.05, 4.69) is 9.88 Å².